The van der Waals surface area contributed by atoms with Gasteiger partial charge in [-0.15, -0.1) is 0 Å². The van der Waals surface area contributed by atoms with Gasteiger partial charge in [-0.1, -0.05) is 26.1 Å². The number of hydrogen-bond acceptors (Lipinski definition) is 3. The van der Waals surface area contributed by atoms with Gasteiger partial charge in [0, 0.05) is 19.3 Å². The Morgan fingerprint density at radius 2 is 2.31 bits per heavy atom. The Labute approximate surface area is 102 Å². The van der Waals surface area contributed by atoms with E-state index >= 15 is 0 Å². The van der Waals surface area contributed by atoms with Gasteiger partial charge >= 0.3 is 0 Å². The fourth-order valence-electron chi connectivity index (χ4n) is 2.16. The van der Waals surface area contributed by atoms with Crippen molar-refractivity contribution in [3.05, 3.63) is 24.0 Å². The molecule has 1 aliphatic rings. The maximum absolute atomic E-state index is 5.69. The molecule has 0 spiro atoms. The Hall–Kier alpha value is -1.16. The number of anilines is 1. The molecule has 0 atom stereocenters. The number of hydrogen-bond donors (Lipinski definition) is 1. The number of rotatable bonds is 2. The number of pyridine rings is 1. The highest BCUT2D eigenvalue weighted by Crippen LogP contribution is 2.33. The molecule has 1 aromatic rings. The van der Waals surface area contributed by atoms with E-state index in [-0.39, 0.29) is 0 Å². The third-order valence-corrected chi connectivity index (χ3v) is 3.23. The highest BCUT2D eigenvalue weighted by molar-refractivity contribution is 7.80. The molecule has 16 heavy (non-hydrogen) atoms. The third-order valence-electron chi connectivity index (χ3n) is 3.04. The molecular weight excluding hydrogens is 218 g/mol. The van der Waals surface area contributed by atoms with Crippen LogP contribution in [0.5, 0.6) is 0 Å². The van der Waals surface area contributed by atoms with E-state index in [2.05, 4.69) is 23.7 Å². The minimum atomic E-state index is 0.364. The first-order valence-corrected chi connectivity index (χ1v) is 5.90. The van der Waals surface area contributed by atoms with Crippen molar-refractivity contribution in [2.24, 2.45) is 11.1 Å². The Balaban J connectivity index is 2.31. The fourth-order valence-corrected chi connectivity index (χ4v) is 2.32. The predicted octanol–water partition coefficient (Wildman–Crippen LogP) is 1.95. The first-order valence-electron chi connectivity index (χ1n) is 5.49. The SMILES string of the molecule is CC1(C)CCN(c2cccnc2C(N)=S)C1. The fraction of sp³-hybridized carbons (Fsp3) is 0.500. The minimum absolute atomic E-state index is 0.364. The van der Waals surface area contributed by atoms with Gasteiger partial charge in [-0.05, 0) is 24.0 Å². The summed E-state index contributed by atoms with van der Waals surface area (Å²) in [6.07, 6.45) is 2.93. The normalized spacial score (nSPS) is 18.8. The summed E-state index contributed by atoms with van der Waals surface area (Å²) in [5, 5.41) is 0. The molecule has 0 saturated carbocycles. The summed E-state index contributed by atoms with van der Waals surface area (Å²) in [6.45, 7) is 6.65. The van der Waals surface area contributed by atoms with E-state index < -0.39 is 0 Å². The first kappa shape index (κ1) is 11.3. The third kappa shape index (κ3) is 2.16. The molecule has 0 aliphatic carbocycles. The van der Waals surface area contributed by atoms with Gasteiger partial charge in [-0.3, -0.25) is 4.98 Å². The van der Waals surface area contributed by atoms with E-state index in [1.807, 2.05) is 12.1 Å². The maximum Gasteiger partial charge on any atom is 0.124 e. The van der Waals surface area contributed by atoms with E-state index in [1.54, 1.807) is 6.20 Å². The van der Waals surface area contributed by atoms with E-state index in [0.717, 1.165) is 24.5 Å². The molecule has 0 unspecified atom stereocenters. The summed E-state index contributed by atoms with van der Waals surface area (Å²) < 4.78 is 0. The molecule has 1 saturated heterocycles. The average molecular weight is 235 g/mol. The largest absolute Gasteiger partial charge is 0.388 e. The van der Waals surface area contributed by atoms with Crippen LogP contribution in [0.2, 0.25) is 0 Å². The molecule has 2 rings (SSSR count). The monoisotopic (exact) mass is 235 g/mol. The lowest BCUT2D eigenvalue weighted by Crippen LogP contribution is -2.26. The van der Waals surface area contributed by atoms with Crippen LogP contribution in [0.25, 0.3) is 0 Å². The molecule has 2 N–H and O–H groups in total. The molecule has 86 valence electrons. The lowest BCUT2D eigenvalue weighted by atomic mass is 9.93. The molecule has 0 amide bonds. The highest BCUT2D eigenvalue weighted by atomic mass is 32.1. The topological polar surface area (TPSA) is 42.2 Å². The van der Waals surface area contributed by atoms with Crippen LogP contribution < -0.4 is 10.6 Å². The molecule has 0 bridgehead atoms. The van der Waals surface area contributed by atoms with Crippen LogP contribution in [0.4, 0.5) is 5.69 Å². The van der Waals surface area contributed by atoms with Crippen LogP contribution in [0.15, 0.2) is 18.3 Å². The number of nitrogens with two attached hydrogens (primary N) is 1. The molecule has 1 fully saturated rings. The first-order chi connectivity index (χ1) is 7.49. The second-order valence-corrected chi connectivity index (χ2v) is 5.51. The van der Waals surface area contributed by atoms with Crippen molar-refractivity contribution in [1.82, 2.24) is 4.98 Å². The number of thiocarbonyl (C=S) groups is 1. The van der Waals surface area contributed by atoms with Crippen molar-refractivity contribution < 1.29 is 0 Å². The lowest BCUT2D eigenvalue weighted by molar-refractivity contribution is 0.418. The Bertz CT molecular complexity index is 414. The summed E-state index contributed by atoms with van der Waals surface area (Å²) in [4.78, 5) is 6.96. The summed E-state index contributed by atoms with van der Waals surface area (Å²) >= 11 is 5.03. The van der Waals surface area contributed by atoms with Gasteiger partial charge in [0.25, 0.3) is 0 Å². The summed E-state index contributed by atoms with van der Waals surface area (Å²) in [5.74, 6) is 0. The summed E-state index contributed by atoms with van der Waals surface area (Å²) in [6, 6.07) is 3.98. The standard InChI is InChI=1S/C12H17N3S/c1-12(2)5-7-15(8-12)9-4-3-6-14-10(9)11(13)16/h3-4,6H,5,7-8H2,1-2H3,(H2,13,16). The average Bonchev–Trinajstić information content (AvgIpc) is 2.59. The highest BCUT2D eigenvalue weighted by Gasteiger charge is 2.30. The van der Waals surface area contributed by atoms with E-state index in [4.69, 9.17) is 18.0 Å². The van der Waals surface area contributed by atoms with Crippen molar-refractivity contribution in [2.75, 3.05) is 18.0 Å². The van der Waals surface area contributed by atoms with Crippen molar-refractivity contribution in [3.8, 4) is 0 Å². The molecular formula is C12H17N3S. The molecule has 2 heterocycles. The molecule has 0 aromatic carbocycles. The Kier molecular flexibility index (Phi) is 2.84. The van der Waals surface area contributed by atoms with Crippen LogP contribution in [0.3, 0.4) is 0 Å². The second kappa shape index (κ2) is 4.01. The van der Waals surface area contributed by atoms with E-state index in [1.165, 1.54) is 6.42 Å². The van der Waals surface area contributed by atoms with Crippen molar-refractivity contribution >= 4 is 22.9 Å². The zero-order valence-electron chi connectivity index (χ0n) is 9.73. The number of aromatic nitrogens is 1. The van der Waals surface area contributed by atoms with Gasteiger partial charge in [0.05, 0.1) is 5.69 Å². The zero-order valence-corrected chi connectivity index (χ0v) is 10.5. The molecule has 1 aromatic heterocycles. The van der Waals surface area contributed by atoms with Gasteiger partial charge < -0.3 is 10.6 Å². The van der Waals surface area contributed by atoms with Gasteiger partial charge in [-0.25, -0.2) is 0 Å². The second-order valence-electron chi connectivity index (χ2n) is 5.07. The summed E-state index contributed by atoms with van der Waals surface area (Å²) in [5.41, 5.74) is 7.87. The van der Waals surface area contributed by atoms with E-state index in [0.29, 0.717) is 10.4 Å². The molecule has 4 heteroatoms. The molecule has 1 aliphatic heterocycles. The minimum Gasteiger partial charge on any atom is -0.388 e. The van der Waals surface area contributed by atoms with Crippen molar-refractivity contribution in [3.63, 3.8) is 0 Å². The van der Waals surface area contributed by atoms with Crippen molar-refractivity contribution in [2.45, 2.75) is 20.3 Å². The van der Waals surface area contributed by atoms with Gasteiger partial charge in [0.15, 0.2) is 0 Å². The van der Waals surface area contributed by atoms with E-state index in [9.17, 15) is 0 Å². The van der Waals surface area contributed by atoms with Crippen LogP contribution in [0, 0.1) is 5.41 Å². The lowest BCUT2D eigenvalue weighted by Gasteiger charge is -2.23. The molecule has 3 nitrogen and oxygen atoms in total. The van der Waals surface area contributed by atoms with Crippen LogP contribution in [-0.2, 0) is 0 Å². The van der Waals surface area contributed by atoms with Crippen LogP contribution in [-0.4, -0.2) is 23.1 Å². The van der Waals surface area contributed by atoms with Crippen LogP contribution >= 0.6 is 12.2 Å². The quantitative estimate of drug-likeness (QED) is 0.796. The number of nitrogens with zero attached hydrogens (tertiary/aromatic N) is 2. The maximum atomic E-state index is 5.69. The smallest absolute Gasteiger partial charge is 0.124 e. The van der Waals surface area contributed by atoms with Crippen molar-refractivity contribution in [1.29, 1.82) is 0 Å². The summed E-state index contributed by atoms with van der Waals surface area (Å²) in [7, 11) is 0. The van der Waals surface area contributed by atoms with Gasteiger partial charge in [0.1, 0.15) is 10.7 Å². The Morgan fingerprint density at radius 3 is 2.88 bits per heavy atom. The van der Waals surface area contributed by atoms with Crippen LogP contribution in [0.1, 0.15) is 26.0 Å². The molecule has 0 radical (unpaired) electrons. The van der Waals surface area contributed by atoms with Gasteiger partial charge in [-0.2, -0.15) is 0 Å². The predicted molar refractivity (Wildman–Crippen MR) is 70.7 cm³/mol. The Morgan fingerprint density at radius 1 is 1.56 bits per heavy atom. The zero-order chi connectivity index (χ0) is 11.8. The van der Waals surface area contributed by atoms with Gasteiger partial charge in [0.2, 0.25) is 0 Å².